The maximum absolute atomic E-state index is 6.25. The first-order valence-electron chi connectivity index (χ1n) is 10.1. The number of allylic oxidation sites excluding steroid dienone is 2. The molecule has 144 valence electrons. The SMILES string of the molecule is CC[C@]12CCC3=C(CCc4cc(OC)cc(OC)c43)C1=CCC21OCCO1. The van der Waals surface area contributed by atoms with Gasteiger partial charge in [-0.2, -0.15) is 0 Å². The summed E-state index contributed by atoms with van der Waals surface area (Å²) in [5.74, 6) is 1.38. The van der Waals surface area contributed by atoms with Crippen molar-refractivity contribution in [3.05, 3.63) is 40.5 Å². The van der Waals surface area contributed by atoms with Crippen molar-refractivity contribution in [1.82, 2.24) is 0 Å². The van der Waals surface area contributed by atoms with Crippen LogP contribution in [0, 0.1) is 5.41 Å². The molecule has 1 aromatic carbocycles. The Balaban J connectivity index is 1.65. The number of hydrogen-bond acceptors (Lipinski definition) is 4. The van der Waals surface area contributed by atoms with Gasteiger partial charge in [0.25, 0.3) is 0 Å². The third-order valence-electron chi connectivity index (χ3n) is 7.23. The summed E-state index contributed by atoms with van der Waals surface area (Å²) in [4.78, 5) is 0. The van der Waals surface area contributed by atoms with Crippen LogP contribution in [0.2, 0.25) is 0 Å². The van der Waals surface area contributed by atoms with Crippen LogP contribution in [-0.4, -0.2) is 33.2 Å². The molecule has 0 bridgehead atoms. The number of ether oxygens (including phenoxy) is 4. The molecule has 0 amide bonds. The van der Waals surface area contributed by atoms with Crippen LogP contribution in [0.5, 0.6) is 11.5 Å². The molecule has 1 heterocycles. The predicted molar refractivity (Wildman–Crippen MR) is 104 cm³/mol. The average Bonchev–Trinajstić information content (AvgIpc) is 3.33. The van der Waals surface area contributed by atoms with Crippen molar-refractivity contribution < 1.29 is 18.9 Å². The Kier molecular flexibility index (Phi) is 3.92. The van der Waals surface area contributed by atoms with Crippen molar-refractivity contribution in [1.29, 1.82) is 0 Å². The van der Waals surface area contributed by atoms with Crippen LogP contribution < -0.4 is 9.47 Å². The second-order valence-corrected chi connectivity index (χ2v) is 8.03. The molecule has 0 radical (unpaired) electrons. The minimum atomic E-state index is -0.431. The third-order valence-corrected chi connectivity index (χ3v) is 7.23. The van der Waals surface area contributed by atoms with Gasteiger partial charge in [-0.25, -0.2) is 0 Å². The van der Waals surface area contributed by atoms with Crippen molar-refractivity contribution in [2.45, 2.75) is 51.2 Å². The molecule has 1 fully saturated rings. The molecule has 1 atom stereocenters. The lowest BCUT2D eigenvalue weighted by atomic mass is 9.61. The Morgan fingerprint density at radius 2 is 1.81 bits per heavy atom. The standard InChI is InChI=1S/C23H28O4/c1-4-22-9-7-18-17(19(22)8-10-23(22)26-11-12-27-23)6-5-15-13-16(24-2)14-20(25-3)21(15)18/h8,13-14H,4-7,9-12H2,1-3H3/t22-/m0/s1. The topological polar surface area (TPSA) is 36.9 Å². The van der Waals surface area contributed by atoms with Gasteiger partial charge in [0, 0.05) is 23.5 Å². The van der Waals surface area contributed by atoms with E-state index in [1.165, 1.54) is 27.8 Å². The van der Waals surface area contributed by atoms with Crippen LogP contribution in [0.1, 0.15) is 50.2 Å². The van der Waals surface area contributed by atoms with Gasteiger partial charge in [-0.3, -0.25) is 0 Å². The predicted octanol–water partition coefficient (Wildman–Crippen LogP) is 4.67. The summed E-state index contributed by atoms with van der Waals surface area (Å²) in [6.45, 7) is 3.72. The molecular weight excluding hydrogens is 340 g/mol. The highest BCUT2D eigenvalue weighted by atomic mass is 16.7. The van der Waals surface area contributed by atoms with E-state index in [0.717, 1.165) is 50.0 Å². The van der Waals surface area contributed by atoms with Crippen LogP contribution in [0.15, 0.2) is 29.4 Å². The van der Waals surface area contributed by atoms with Crippen LogP contribution in [-0.2, 0) is 15.9 Å². The smallest absolute Gasteiger partial charge is 0.181 e. The first-order chi connectivity index (χ1) is 13.2. The van der Waals surface area contributed by atoms with E-state index >= 15 is 0 Å². The average molecular weight is 368 g/mol. The van der Waals surface area contributed by atoms with Crippen molar-refractivity contribution in [3.8, 4) is 11.5 Å². The van der Waals surface area contributed by atoms with E-state index in [-0.39, 0.29) is 5.41 Å². The summed E-state index contributed by atoms with van der Waals surface area (Å²) in [6.07, 6.45) is 8.55. The van der Waals surface area contributed by atoms with Crippen molar-refractivity contribution in [2.24, 2.45) is 5.41 Å². The van der Waals surface area contributed by atoms with Gasteiger partial charge in [0.1, 0.15) is 11.5 Å². The number of hydrogen-bond donors (Lipinski definition) is 0. The molecule has 3 aliphatic carbocycles. The Bertz CT molecular complexity index is 844. The number of benzene rings is 1. The van der Waals surface area contributed by atoms with Gasteiger partial charge in [0.15, 0.2) is 5.79 Å². The monoisotopic (exact) mass is 368 g/mol. The summed E-state index contributed by atoms with van der Waals surface area (Å²) >= 11 is 0. The lowest BCUT2D eigenvalue weighted by molar-refractivity contribution is -0.218. The number of aryl methyl sites for hydroxylation is 1. The summed E-state index contributed by atoms with van der Waals surface area (Å²) in [5.41, 5.74) is 7.09. The zero-order chi connectivity index (χ0) is 18.6. The molecule has 0 unspecified atom stereocenters. The Morgan fingerprint density at radius 1 is 1.00 bits per heavy atom. The van der Waals surface area contributed by atoms with E-state index in [2.05, 4.69) is 19.1 Å². The van der Waals surface area contributed by atoms with E-state index in [9.17, 15) is 0 Å². The largest absolute Gasteiger partial charge is 0.497 e. The molecule has 0 saturated carbocycles. The number of methoxy groups -OCH3 is 2. The van der Waals surface area contributed by atoms with Crippen molar-refractivity contribution >= 4 is 5.57 Å². The van der Waals surface area contributed by atoms with E-state index in [1.54, 1.807) is 14.2 Å². The van der Waals surface area contributed by atoms with Gasteiger partial charge in [-0.1, -0.05) is 13.0 Å². The summed E-state index contributed by atoms with van der Waals surface area (Å²) < 4.78 is 23.8. The van der Waals surface area contributed by atoms with Gasteiger partial charge >= 0.3 is 0 Å². The highest BCUT2D eigenvalue weighted by molar-refractivity contribution is 5.83. The quantitative estimate of drug-likeness (QED) is 0.777. The van der Waals surface area contributed by atoms with E-state index in [1.807, 2.05) is 6.07 Å². The maximum Gasteiger partial charge on any atom is 0.181 e. The summed E-state index contributed by atoms with van der Waals surface area (Å²) in [6, 6.07) is 4.20. The van der Waals surface area contributed by atoms with Crippen molar-refractivity contribution in [3.63, 3.8) is 0 Å². The first kappa shape index (κ1) is 17.3. The minimum absolute atomic E-state index is 0.000454. The molecule has 0 aromatic heterocycles. The van der Waals surface area contributed by atoms with Crippen LogP contribution in [0.25, 0.3) is 5.57 Å². The van der Waals surface area contributed by atoms with E-state index in [0.29, 0.717) is 13.2 Å². The molecule has 4 aliphatic rings. The Hall–Kier alpha value is -1.78. The fourth-order valence-electron chi connectivity index (χ4n) is 5.99. The lowest BCUT2D eigenvalue weighted by Crippen LogP contribution is -2.48. The van der Waals surface area contributed by atoms with E-state index in [4.69, 9.17) is 18.9 Å². The van der Waals surface area contributed by atoms with Gasteiger partial charge in [-0.05, 0) is 60.5 Å². The molecule has 1 aromatic rings. The fraction of sp³-hybridized carbons (Fsp3) is 0.565. The fourth-order valence-corrected chi connectivity index (χ4v) is 5.99. The first-order valence-corrected chi connectivity index (χ1v) is 10.1. The van der Waals surface area contributed by atoms with Gasteiger partial charge in [0.05, 0.1) is 27.4 Å². The van der Waals surface area contributed by atoms with E-state index < -0.39 is 5.79 Å². The molecule has 27 heavy (non-hydrogen) atoms. The molecule has 1 saturated heterocycles. The van der Waals surface area contributed by atoms with Crippen LogP contribution >= 0.6 is 0 Å². The third kappa shape index (κ3) is 2.17. The second-order valence-electron chi connectivity index (χ2n) is 8.03. The zero-order valence-corrected chi connectivity index (χ0v) is 16.5. The van der Waals surface area contributed by atoms with Gasteiger partial charge in [-0.15, -0.1) is 0 Å². The molecule has 0 N–H and O–H groups in total. The molecule has 1 spiro atoms. The zero-order valence-electron chi connectivity index (χ0n) is 16.5. The molecule has 5 rings (SSSR count). The highest BCUT2D eigenvalue weighted by Gasteiger charge is 2.61. The van der Waals surface area contributed by atoms with Gasteiger partial charge < -0.3 is 18.9 Å². The number of rotatable bonds is 3. The van der Waals surface area contributed by atoms with Gasteiger partial charge in [0.2, 0.25) is 0 Å². The minimum Gasteiger partial charge on any atom is -0.497 e. The Morgan fingerprint density at radius 3 is 2.52 bits per heavy atom. The second kappa shape index (κ2) is 6.11. The number of fused-ring (bicyclic) bond motifs is 5. The van der Waals surface area contributed by atoms with Crippen LogP contribution in [0.3, 0.4) is 0 Å². The van der Waals surface area contributed by atoms with Crippen molar-refractivity contribution in [2.75, 3.05) is 27.4 Å². The summed E-state index contributed by atoms with van der Waals surface area (Å²) in [7, 11) is 3.47. The lowest BCUT2D eigenvalue weighted by Gasteiger charge is -2.48. The Labute approximate surface area is 161 Å². The summed E-state index contributed by atoms with van der Waals surface area (Å²) in [5, 5.41) is 0. The molecule has 4 heteroatoms. The molecular formula is C23H28O4. The molecule has 1 aliphatic heterocycles. The molecule has 4 nitrogen and oxygen atoms in total. The normalized spacial score (nSPS) is 27.9. The highest BCUT2D eigenvalue weighted by Crippen LogP contribution is 2.63. The maximum atomic E-state index is 6.25. The van der Waals surface area contributed by atoms with Crippen LogP contribution in [0.4, 0.5) is 0 Å².